The van der Waals surface area contributed by atoms with Gasteiger partial charge in [-0.3, -0.25) is 9.59 Å². The lowest BCUT2D eigenvalue weighted by Gasteiger charge is -2.16. The van der Waals surface area contributed by atoms with Gasteiger partial charge in [0.1, 0.15) is 0 Å². The third-order valence-electron chi connectivity index (χ3n) is 4.91. The van der Waals surface area contributed by atoms with Crippen molar-refractivity contribution < 1.29 is 22.7 Å². The molecule has 0 saturated carbocycles. The van der Waals surface area contributed by atoms with Gasteiger partial charge in [-0.15, -0.1) is 0 Å². The van der Waals surface area contributed by atoms with Gasteiger partial charge in [0, 0.05) is 37.5 Å². The molecule has 0 aliphatic carbocycles. The molecule has 0 bridgehead atoms. The highest BCUT2D eigenvalue weighted by molar-refractivity contribution is 7.89. The van der Waals surface area contributed by atoms with Gasteiger partial charge < -0.3 is 15.0 Å². The number of nitrogens with zero attached hydrogens (tertiary/aromatic N) is 1. The second-order valence-electron chi connectivity index (χ2n) is 7.54. The predicted molar refractivity (Wildman–Crippen MR) is 118 cm³/mol. The van der Waals surface area contributed by atoms with E-state index in [0.717, 1.165) is 24.2 Å². The van der Waals surface area contributed by atoms with Crippen molar-refractivity contribution >= 4 is 33.2 Å². The molecule has 0 aromatic heterocycles. The lowest BCUT2D eigenvalue weighted by atomic mass is 10.1. The summed E-state index contributed by atoms with van der Waals surface area (Å²) in [6, 6.07) is 13.0. The monoisotopic (exact) mass is 445 g/mol. The number of hydrogen-bond acceptors (Lipinski definition) is 5. The summed E-state index contributed by atoms with van der Waals surface area (Å²) < 4.78 is 32.2. The fraction of sp³-hybridized carbons (Fsp3) is 0.364. The Kier molecular flexibility index (Phi) is 7.42. The Morgan fingerprint density at radius 3 is 2.39 bits per heavy atom. The number of carbonyl (C=O) groups excluding carboxylic acids is 2. The van der Waals surface area contributed by atoms with Crippen LogP contribution in [-0.4, -0.2) is 46.5 Å². The van der Waals surface area contributed by atoms with E-state index in [1.54, 1.807) is 24.0 Å². The van der Waals surface area contributed by atoms with E-state index in [2.05, 4.69) is 10.0 Å². The normalized spacial score (nSPS) is 15.2. The van der Waals surface area contributed by atoms with Gasteiger partial charge in [0.2, 0.25) is 21.8 Å². The summed E-state index contributed by atoms with van der Waals surface area (Å²) in [5.41, 5.74) is 2.17. The summed E-state index contributed by atoms with van der Waals surface area (Å²) in [7, 11) is -2.16. The summed E-state index contributed by atoms with van der Waals surface area (Å²) in [5.74, 6) is -0.0910. The standard InChI is InChI=1S/C22H27N3O5S/c1-16(15-30-2)24-31(28,29)20-11-7-18(8-12-20)23-21(26)14-17-5-9-19(10-6-17)25-13-3-4-22(25)27/h5-12,16,24H,3-4,13-15H2,1-2H3,(H,23,26)/t16-/m1/s1. The van der Waals surface area contributed by atoms with Crippen LogP contribution in [0.3, 0.4) is 0 Å². The van der Waals surface area contributed by atoms with E-state index in [1.165, 1.54) is 19.2 Å². The molecule has 2 aromatic carbocycles. The van der Waals surface area contributed by atoms with Crippen molar-refractivity contribution in [3.63, 3.8) is 0 Å². The van der Waals surface area contributed by atoms with Crippen LogP contribution in [0.1, 0.15) is 25.3 Å². The van der Waals surface area contributed by atoms with Crippen LogP contribution in [0.25, 0.3) is 0 Å². The zero-order valence-electron chi connectivity index (χ0n) is 17.6. The van der Waals surface area contributed by atoms with Gasteiger partial charge in [0.05, 0.1) is 17.9 Å². The van der Waals surface area contributed by atoms with E-state index in [-0.39, 0.29) is 35.8 Å². The van der Waals surface area contributed by atoms with Crippen molar-refractivity contribution in [3.05, 3.63) is 54.1 Å². The quantitative estimate of drug-likeness (QED) is 0.616. The number of carbonyl (C=O) groups is 2. The Balaban J connectivity index is 1.56. The number of rotatable bonds is 9. The van der Waals surface area contributed by atoms with Gasteiger partial charge in [-0.25, -0.2) is 13.1 Å². The number of amides is 2. The van der Waals surface area contributed by atoms with Crippen LogP contribution >= 0.6 is 0 Å². The molecule has 0 spiro atoms. The Morgan fingerprint density at radius 2 is 1.81 bits per heavy atom. The highest BCUT2D eigenvalue weighted by Crippen LogP contribution is 2.22. The molecule has 2 amide bonds. The largest absolute Gasteiger partial charge is 0.383 e. The molecule has 1 atom stereocenters. The molecule has 0 unspecified atom stereocenters. The van der Waals surface area contributed by atoms with E-state index >= 15 is 0 Å². The predicted octanol–water partition coefficient (Wildman–Crippen LogP) is 2.31. The zero-order valence-corrected chi connectivity index (χ0v) is 18.4. The van der Waals surface area contributed by atoms with Gasteiger partial charge in [-0.1, -0.05) is 12.1 Å². The fourth-order valence-electron chi connectivity index (χ4n) is 3.44. The average Bonchev–Trinajstić information content (AvgIpc) is 3.14. The summed E-state index contributed by atoms with van der Waals surface area (Å²) >= 11 is 0. The first kappa shape index (κ1) is 22.9. The van der Waals surface area contributed by atoms with Crippen molar-refractivity contribution in [2.24, 2.45) is 0 Å². The van der Waals surface area contributed by atoms with Crippen LogP contribution in [0.15, 0.2) is 53.4 Å². The van der Waals surface area contributed by atoms with Gasteiger partial charge >= 0.3 is 0 Å². The first-order chi connectivity index (χ1) is 14.8. The Hall–Kier alpha value is -2.75. The van der Waals surface area contributed by atoms with Gasteiger partial charge in [-0.2, -0.15) is 0 Å². The second-order valence-corrected chi connectivity index (χ2v) is 9.26. The van der Waals surface area contributed by atoms with Crippen LogP contribution in [0.2, 0.25) is 0 Å². The van der Waals surface area contributed by atoms with Gasteiger partial charge in [0.15, 0.2) is 0 Å². The number of hydrogen-bond donors (Lipinski definition) is 2. The minimum absolute atomic E-state index is 0.112. The SMILES string of the molecule is COC[C@@H](C)NS(=O)(=O)c1ccc(NC(=O)Cc2ccc(N3CCCC3=O)cc2)cc1. The maximum Gasteiger partial charge on any atom is 0.240 e. The second kappa shape index (κ2) is 10.0. The van der Waals surface area contributed by atoms with E-state index in [4.69, 9.17) is 4.74 Å². The minimum atomic E-state index is -3.66. The number of methoxy groups -OCH3 is 1. The molecule has 0 radical (unpaired) electrons. The van der Waals surface area contributed by atoms with Crippen LogP contribution in [-0.2, 0) is 30.8 Å². The molecule has 9 heteroatoms. The van der Waals surface area contributed by atoms with E-state index < -0.39 is 10.0 Å². The first-order valence-electron chi connectivity index (χ1n) is 10.1. The zero-order chi connectivity index (χ0) is 22.4. The third kappa shape index (κ3) is 6.13. The average molecular weight is 446 g/mol. The Labute approximate surface area is 182 Å². The molecular weight excluding hydrogens is 418 g/mol. The van der Waals surface area contributed by atoms with Crippen molar-refractivity contribution in [2.75, 3.05) is 30.5 Å². The molecule has 1 aliphatic heterocycles. The van der Waals surface area contributed by atoms with Gasteiger partial charge in [0.25, 0.3) is 0 Å². The third-order valence-corrected chi connectivity index (χ3v) is 6.51. The van der Waals surface area contributed by atoms with Gasteiger partial charge in [-0.05, 0) is 55.3 Å². The summed E-state index contributed by atoms with van der Waals surface area (Å²) in [4.78, 5) is 26.0. The smallest absolute Gasteiger partial charge is 0.240 e. The molecule has 1 aliphatic rings. The molecule has 1 saturated heterocycles. The highest BCUT2D eigenvalue weighted by atomic mass is 32.2. The Bertz CT molecular complexity index is 1020. The fourth-order valence-corrected chi connectivity index (χ4v) is 4.67. The summed E-state index contributed by atoms with van der Waals surface area (Å²) in [6.45, 7) is 2.71. The highest BCUT2D eigenvalue weighted by Gasteiger charge is 2.21. The number of benzene rings is 2. The lowest BCUT2D eigenvalue weighted by Crippen LogP contribution is -2.35. The molecular formula is C22H27N3O5S. The van der Waals surface area contributed by atoms with Crippen LogP contribution in [0.4, 0.5) is 11.4 Å². The maximum absolute atomic E-state index is 12.4. The number of anilines is 2. The van der Waals surface area contributed by atoms with E-state index in [1.807, 2.05) is 24.3 Å². The topological polar surface area (TPSA) is 105 Å². The first-order valence-corrected chi connectivity index (χ1v) is 11.6. The lowest BCUT2D eigenvalue weighted by molar-refractivity contribution is -0.117. The van der Waals surface area contributed by atoms with Crippen molar-refractivity contribution in [2.45, 2.75) is 37.1 Å². The number of ether oxygens (including phenoxy) is 1. The van der Waals surface area contributed by atoms with Crippen LogP contribution < -0.4 is 14.9 Å². The van der Waals surface area contributed by atoms with E-state index in [9.17, 15) is 18.0 Å². The molecule has 31 heavy (non-hydrogen) atoms. The molecule has 2 N–H and O–H groups in total. The minimum Gasteiger partial charge on any atom is -0.383 e. The van der Waals surface area contributed by atoms with Crippen LogP contribution in [0.5, 0.6) is 0 Å². The molecule has 166 valence electrons. The van der Waals surface area contributed by atoms with Crippen molar-refractivity contribution in [3.8, 4) is 0 Å². The number of nitrogens with one attached hydrogen (secondary N) is 2. The molecule has 1 fully saturated rings. The number of sulfonamides is 1. The summed E-state index contributed by atoms with van der Waals surface area (Å²) in [6.07, 6.45) is 1.61. The van der Waals surface area contributed by atoms with E-state index in [0.29, 0.717) is 12.1 Å². The maximum atomic E-state index is 12.4. The molecule has 3 rings (SSSR count). The van der Waals surface area contributed by atoms with Crippen molar-refractivity contribution in [1.82, 2.24) is 4.72 Å². The van der Waals surface area contributed by atoms with Crippen LogP contribution in [0, 0.1) is 0 Å². The molecule has 2 aromatic rings. The Morgan fingerprint density at radius 1 is 1.13 bits per heavy atom. The summed E-state index contributed by atoms with van der Waals surface area (Å²) in [5, 5.41) is 2.77. The molecule has 8 nitrogen and oxygen atoms in total. The van der Waals surface area contributed by atoms with Crippen molar-refractivity contribution in [1.29, 1.82) is 0 Å². The molecule has 1 heterocycles.